The Balaban J connectivity index is 1.36. The van der Waals surface area contributed by atoms with Crippen molar-refractivity contribution in [1.29, 1.82) is 5.41 Å². The van der Waals surface area contributed by atoms with E-state index in [0.717, 1.165) is 6.42 Å². The highest BCUT2D eigenvalue weighted by Crippen LogP contribution is 2.18. The molecule has 0 spiro atoms. The van der Waals surface area contributed by atoms with Gasteiger partial charge in [0.2, 0.25) is 11.9 Å². The number of nitrogens with zero attached hydrogens (tertiary/aromatic N) is 3. The number of hydrogen-bond donors (Lipinski definition) is 4. The molecule has 1 atom stereocenters. The number of amides is 1. The van der Waals surface area contributed by atoms with E-state index in [9.17, 15) is 9.59 Å². The van der Waals surface area contributed by atoms with E-state index in [1.807, 2.05) is 18.2 Å². The summed E-state index contributed by atoms with van der Waals surface area (Å²) in [6.45, 7) is 2.81. The molecule has 1 amide bonds. The van der Waals surface area contributed by atoms with Crippen molar-refractivity contribution in [2.75, 3.05) is 25.0 Å². The number of aromatic nitrogens is 2. The molecule has 1 aromatic heterocycles. The van der Waals surface area contributed by atoms with Gasteiger partial charge in [0.15, 0.2) is 5.82 Å². The van der Waals surface area contributed by atoms with E-state index in [2.05, 4.69) is 39.9 Å². The third-order valence-electron chi connectivity index (χ3n) is 5.87. The Morgan fingerprint density at radius 3 is 2.82 bits per heavy atom. The number of hydroxylamine groups is 2. The molecule has 5 N–H and O–H groups in total. The van der Waals surface area contributed by atoms with Crippen LogP contribution in [0.3, 0.4) is 0 Å². The quantitative estimate of drug-likeness (QED) is 0.307. The van der Waals surface area contributed by atoms with Crippen molar-refractivity contribution in [1.82, 2.24) is 19.9 Å². The van der Waals surface area contributed by atoms with Crippen molar-refractivity contribution in [2.24, 2.45) is 5.73 Å². The average Bonchev–Trinajstić information content (AvgIpc) is 2.83. The first-order chi connectivity index (χ1) is 16.4. The highest BCUT2D eigenvalue weighted by Gasteiger charge is 2.23. The lowest BCUT2D eigenvalue weighted by Gasteiger charge is -2.31. The Bertz CT molecular complexity index is 1240. The van der Waals surface area contributed by atoms with Crippen LogP contribution in [0.1, 0.15) is 17.7 Å². The summed E-state index contributed by atoms with van der Waals surface area (Å²) in [5.41, 5.74) is 6.85. The van der Waals surface area contributed by atoms with Gasteiger partial charge in [-0.1, -0.05) is 42.5 Å². The molecule has 0 bridgehead atoms. The molecule has 1 saturated heterocycles. The van der Waals surface area contributed by atoms with Crippen molar-refractivity contribution in [2.45, 2.75) is 32.4 Å². The summed E-state index contributed by atoms with van der Waals surface area (Å²) in [5.74, 6) is -0.232. The highest BCUT2D eigenvalue weighted by atomic mass is 16.7. The number of hydrogen-bond acceptors (Lipinski definition) is 6. The van der Waals surface area contributed by atoms with E-state index in [1.165, 1.54) is 26.0 Å². The molecular weight excluding hydrogens is 434 g/mol. The number of aryl methyl sites for hydroxylation is 1. The van der Waals surface area contributed by atoms with Crippen LogP contribution < -0.4 is 21.9 Å². The molecular formula is C24H29N7O3. The van der Waals surface area contributed by atoms with Gasteiger partial charge < -0.3 is 16.4 Å². The summed E-state index contributed by atoms with van der Waals surface area (Å²) in [7, 11) is 0. The topological polar surface area (TPSA) is 138 Å². The minimum absolute atomic E-state index is 0.113. The fraction of sp³-hybridized carbons (Fsp3) is 0.333. The SMILES string of the molecule is Cc1cnc(NCCc2cccc3ccccc23)c(=O)n1CC(=O)NC1CCN(C(=N)N)OC1. The van der Waals surface area contributed by atoms with E-state index in [1.54, 1.807) is 13.1 Å². The molecule has 34 heavy (non-hydrogen) atoms. The second-order valence-electron chi connectivity index (χ2n) is 8.29. The molecule has 0 saturated carbocycles. The summed E-state index contributed by atoms with van der Waals surface area (Å²) >= 11 is 0. The summed E-state index contributed by atoms with van der Waals surface area (Å²) in [6, 6.07) is 14.2. The lowest BCUT2D eigenvalue weighted by molar-refractivity contribution is -0.143. The second-order valence-corrected chi connectivity index (χ2v) is 8.29. The van der Waals surface area contributed by atoms with Crippen LogP contribution in [-0.2, 0) is 22.6 Å². The van der Waals surface area contributed by atoms with Gasteiger partial charge in [-0.2, -0.15) is 0 Å². The third-order valence-corrected chi connectivity index (χ3v) is 5.87. The molecule has 1 fully saturated rings. The van der Waals surface area contributed by atoms with Crippen LogP contribution in [0, 0.1) is 12.3 Å². The van der Waals surface area contributed by atoms with Gasteiger partial charge in [0.05, 0.1) is 19.2 Å². The monoisotopic (exact) mass is 463 g/mol. The van der Waals surface area contributed by atoms with Crippen molar-refractivity contribution < 1.29 is 9.63 Å². The zero-order valence-electron chi connectivity index (χ0n) is 19.1. The van der Waals surface area contributed by atoms with Gasteiger partial charge >= 0.3 is 0 Å². The zero-order valence-corrected chi connectivity index (χ0v) is 19.1. The number of nitrogens with one attached hydrogen (secondary N) is 3. The molecule has 4 rings (SSSR count). The summed E-state index contributed by atoms with van der Waals surface area (Å²) < 4.78 is 1.41. The molecule has 178 valence electrons. The Kier molecular flexibility index (Phi) is 7.07. The highest BCUT2D eigenvalue weighted by molar-refractivity contribution is 5.85. The smallest absolute Gasteiger partial charge is 0.293 e. The predicted molar refractivity (Wildman–Crippen MR) is 130 cm³/mol. The van der Waals surface area contributed by atoms with Crippen LogP contribution in [0.4, 0.5) is 5.82 Å². The maximum absolute atomic E-state index is 13.0. The lowest BCUT2D eigenvalue weighted by atomic mass is 10.0. The normalized spacial score (nSPS) is 15.8. The van der Waals surface area contributed by atoms with Crippen LogP contribution in [0.2, 0.25) is 0 Å². The summed E-state index contributed by atoms with van der Waals surface area (Å²) in [5, 5.41) is 17.1. The van der Waals surface area contributed by atoms with Crippen LogP contribution in [-0.4, -0.2) is 52.2 Å². The first-order valence-electron chi connectivity index (χ1n) is 11.2. The number of anilines is 1. The molecule has 0 radical (unpaired) electrons. The van der Waals surface area contributed by atoms with E-state index in [-0.39, 0.29) is 42.4 Å². The fourth-order valence-corrected chi connectivity index (χ4v) is 4.04. The zero-order chi connectivity index (χ0) is 24.1. The van der Waals surface area contributed by atoms with Gasteiger partial charge in [0.1, 0.15) is 6.54 Å². The molecule has 0 aliphatic carbocycles. The van der Waals surface area contributed by atoms with Crippen molar-refractivity contribution in [3.05, 3.63) is 70.3 Å². The van der Waals surface area contributed by atoms with Gasteiger partial charge in [0, 0.05) is 18.4 Å². The Morgan fingerprint density at radius 1 is 1.26 bits per heavy atom. The van der Waals surface area contributed by atoms with Gasteiger partial charge in [-0.3, -0.25) is 24.4 Å². The molecule has 1 aliphatic heterocycles. The number of carbonyl (C=O) groups excluding carboxylic acids is 1. The van der Waals surface area contributed by atoms with Crippen molar-refractivity contribution >= 4 is 28.5 Å². The number of guanidine groups is 1. The van der Waals surface area contributed by atoms with E-state index >= 15 is 0 Å². The average molecular weight is 464 g/mol. The summed E-state index contributed by atoms with van der Waals surface area (Å²) in [4.78, 5) is 35.2. The van der Waals surface area contributed by atoms with Crippen LogP contribution in [0.25, 0.3) is 10.8 Å². The molecule has 2 aromatic carbocycles. The standard InChI is InChI=1S/C24H29N7O3/c1-16-13-28-22(27-11-9-18-7-4-6-17-5-2-3-8-20(17)18)23(33)30(16)14-21(32)29-19-10-12-31(24(25)26)34-15-19/h2-8,13,19H,9-12,14-15H2,1H3,(H3,25,26)(H,27,28)(H,29,32). The van der Waals surface area contributed by atoms with Gasteiger partial charge in [0.25, 0.3) is 5.56 Å². The predicted octanol–water partition coefficient (Wildman–Crippen LogP) is 1.38. The van der Waals surface area contributed by atoms with E-state index in [4.69, 9.17) is 16.0 Å². The maximum atomic E-state index is 13.0. The molecule has 1 unspecified atom stereocenters. The number of benzene rings is 2. The second kappa shape index (κ2) is 10.3. The Labute approximate surface area is 197 Å². The number of fused-ring (bicyclic) bond motifs is 1. The van der Waals surface area contributed by atoms with Crippen LogP contribution in [0.15, 0.2) is 53.5 Å². The summed E-state index contributed by atoms with van der Waals surface area (Å²) in [6.07, 6.45) is 2.91. The maximum Gasteiger partial charge on any atom is 0.293 e. The minimum atomic E-state index is -0.337. The van der Waals surface area contributed by atoms with Crippen molar-refractivity contribution in [3.63, 3.8) is 0 Å². The van der Waals surface area contributed by atoms with E-state index < -0.39 is 0 Å². The molecule has 10 nitrogen and oxygen atoms in total. The fourth-order valence-electron chi connectivity index (χ4n) is 4.04. The lowest BCUT2D eigenvalue weighted by Crippen LogP contribution is -2.50. The molecule has 10 heteroatoms. The number of carbonyl (C=O) groups is 1. The minimum Gasteiger partial charge on any atom is -0.368 e. The van der Waals surface area contributed by atoms with Gasteiger partial charge in [-0.25, -0.2) is 10.0 Å². The van der Waals surface area contributed by atoms with Crippen LogP contribution >= 0.6 is 0 Å². The molecule has 3 aromatic rings. The Hall–Kier alpha value is -3.92. The third kappa shape index (κ3) is 5.34. The van der Waals surface area contributed by atoms with E-state index in [0.29, 0.717) is 25.2 Å². The number of nitrogens with two attached hydrogens (primary N) is 1. The van der Waals surface area contributed by atoms with Gasteiger partial charge in [-0.15, -0.1) is 0 Å². The first kappa shape index (κ1) is 23.2. The molecule has 1 aliphatic rings. The van der Waals surface area contributed by atoms with Crippen molar-refractivity contribution in [3.8, 4) is 0 Å². The Morgan fingerprint density at radius 2 is 2.06 bits per heavy atom. The number of rotatable bonds is 7. The first-order valence-corrected chi connectivity index (χ1v) is 11.2. The van der Waals surface area contributed by atoms with Gasteiger partial charge in [-0.05, 0) is 36.1 Å². The largest absolute Gasteiger partial charge is 0.368 e. The van der Waals surface area contributed by atoms with Crippen LogP contribution in [0.5, 0.6) is 0 Å². The molecule has 2 heterocycles.